The van der Waals surface area contributed by atoms with Crippen molar-refractivity contribution in [2.45, 2.75) is 0 Å². The van der Waals surface area contributed by atoms with Gasteiger partial charge in [0.25, 0.3) is 5.91 Å². The number of carbonyl (C=O) groups excluding carboxylic acids is 1. The van der Waals surface area contributed by atoms with Gasteiger partial charge in [0.2, 0.25) is 5.95 Å². The Labute approximate surface area is 117 Å². The Morgan fingerprint density at radius 3 is 2.37 bits per heavy atom. The average Bonchev–Trinajstić information content (AvgIpc) is 2.30. The van der Waals surface area contributed by atoms with Gasteiger partial charge in [-0.1, -0.05) is 15.9 Å². The molecule has 1 aromatic carbocycles. The number of anilines is 4. The van der Waals surface area contributed by atoms with E-state index in [2.05, 4.69) is 31.2 Å². The predicted molar refractivity (Wildman–Crippen MR) is 76.8 cm³/mol. The molecule has 0 saturated heterocycles. The van der Waals surface area contributed by atoms with Gasteiger partial charge in [-0.25, -0.2) is 0 Å². The van der Waals surface area contributed by atoms with Crippen LogP contribution in [-0.4, -0.2) is 15.9 Å². The van der Waals surface area contributed by atoms with Crippen LogP contribution in [0.1, 0.15) is 10.4 Å². The summed E-state index contributed by atoms with van der Waals surface area (Å²) in [5, 5.41) is 2.93. The summed E-state index contributed by atoms with van der Waals surface area (Å²) in [6, 6.07) is 7.26. The quantitative estimate of drug-likeness (QED) is 0.672. The third-order valence-electron chi connectivity index (χ3n) is 2.31. The molecule has 1 aromatic heterocycles. The lowest BCUT2D eigenvalue weighted by atomic mass is 10.2. The number of benzene rings is 1. The zero-order chi connectivity index (χ0) is 14.0. The van der Waals surface area contributed by atoms with E-state index >= 15 is 0 Å². The number of primary amides is 1. The number of rotatable bonds is 3. The third-order valence-corrected chi connectivity index (χ3v) is 2.84. The first-order valence-electron chi connectivity index (χ1n) is 5.22. The number of hydrogen-bond acceptors (Lipinski definition) is 6. The molecule has 0 bridgehead atoms. The summed E-state index contributed by atoms with van der Waals surface area (Å²) in [6.07, 6.45) is 0. The second-order valence-electron chi connectivity index (χ2n) is 3.69. The molecule has 0 atom stereocenters. The van der Waals surface area contributed by atoms with Crippen molar-refractivity contribution in [3.05, 3.63) is 34.3 Å². The summed E-state index contributed by atoms with van der Waals surface area (Å²) in [7, 11) is 0. The molecule has 0 spiro atoms. The Balaban J connectivity index is 2.44. The molecule has 2 aromatic rings. The maximum absolute atomic E-state index is 11.4. The number of nitrogens with zero attached hydrogens (tertiary/aromatic N) is 2. The molecule has 0 aliphatic heterocycles. The molecule has 0 aliphatic carbocycles. The van der Waals surface area contributed by atoms with Crippen LogP contribution in [0.3, 0.4) is 0 Å². The summed E-state index contributed by atoms with van der Waals surface area (Å²) >= 11 is 3.32. The topological polar surface area (TPSA) is 133 Å². The number of nitrogens with two attached hydrogens (primary N) is 3. The smallest absolute Gasteiger partial charge is 0.256 e. The van der Waals surface area contributed by atoms with E-state index in [1.54, 1.807) is 12.1 Å². The number of hydrogen-bond donors (Lipinski definition) is 4. The molecule has 1 amide bonds. The van der Waals surface area contributed by atoms with Crippen molar-refractivity contribution in [1.82, 2.24) is 9.97 Å². The zero-order valence-electron chi connectivity index (χ0n) is 9.72. The highest BCUT2D eigenvalue weighted by Crippen LogP contribution is 2.24. The van der Waals surface area contributed by atoms with Crippen LogP contribution in [-0.2, 0) is 0 Å². The van der Waals surface area contributed by atoms with E-state index in [1.807, 2.05) is 12.1 Å². The van der Waals surface area contributed by atoms with Gasteiger partial charge in [-0.05, 0) is 24.3 Å². The Hall–Kier alpha value is -2.35. The van der Waals surface area contributed by atoms with E-state index in [0.717, 1.165) is 4.47 Å². The van der Waals surface area contributed by atoms with Gasteiger partial charge in [-0.3, -0.25) is 4.79 Å². The maximum atomic E-state index is 11.4. The van der Waals surface area contributed by atoms with Gasteiger partial charge in [0, 0.05) is 10.2 Å². The van der Waals surface area contributed by atoms with Gasteiger partial charge in [0.1, 0.15) is 11.4 Å². The van der Waals surface area contributed by atoms with Crippen LogP contribution in [0.2, 0.25) is 0 Å². The van der Waals surface area contributed by atoms with Crippen LogP contribution in [0, 0.1) is 0 Å². The van der Waals surface area contributed by atoms with E-state index < -0.39 is 5.91 Å². The first-order chi connectivity index (χ1) is 8.97. The van der Waals surface area contributed by atoms with Crippen LogP contribution in [0.25, 0.3) is 0 Å². The summed E-state index contributed by atoms with van der Waals surface area (Å²) in [4.78, 5) is 19.0. The number of amides is 1. The third kappa shape index (κ3) is 2.91. The highest BCUT2D eigenvalue weighted by Gasteiger charge is 2.16. The molecule has 8 heteroatoms. The van der Waals surface area contributed by atoms with Crippen molar-refractivity contribution in [2.75, 3.05) is 16.8 Å². The van der Waals surface area contributed by atoms with E-state index in [-0.39, 0.29) is 23.1 Å². The fraction of sp³-hybridized carbons (Fsp3) is 0. The summed E-state index contributed by atoms with van der Waals surface area (Å²) < 4.78 is 0.926. The number of nitrogens with one attached hydrogen (secondary N) is 1. The lowest BCUT2D eigenvalue weighted by molar-refractivity contribution is 0.100. The lowest BCUT2D eigenvalue weighted by Crippen LogP contribution is -2.18. The summed E-state index contributed by atoms with van der Waals surface area (Å²) in [6.45, 7) is 0. The fourth-order valence-electron chi connectivity index (χ4n) is 1.50. The Morgan fingerprint density at radius 1 is 1.16 bits per heavy atom. The molecule has 7 nitrogen and oxygen atoms in total. The minimum Gasteiger partial charge on any atom is -0.383 e. The van der Waals surface area contributed by atoms with Crippen LogP contribution >= 0.6 is 15.9 Å². The zero-order valence-corrected chi connectivity index (χ0v) is 11.3. The van der Waals surface area contributed by atoms with E-state index in [0.29, 0.717) is 5.69 Å². The molecular formula is C11H11BrN6O. The monoisotopic (exact) mass is 322 g/mol. The number of nitrogen functional groups attached to an aromatic ring is 2. The number of carbonyl (C=O) groups is 1. The molecule has 2 rings (SSSR count). The Morgan fingerprint density at radius 2 is 1.79 bits per heavy atom. The number of aromatic nitrogens is 2. The van der Waals surface area contributed by atoms with Gasteiger partial charge in [0.05, 0.1) is 0 Å². The van der Waals surface area contributed by atoms with Gasteiger partial charge >= 0.3 is 0 Å². The van der Waals surface area contributed by atoms with Crippen LogP contribution < -0.4 is 22.5 Å². The molecule has 0 fully saturated rings. The summed E-state index contributed by atoms with van der Waals surface area (Å²) in [5.74, 6) is -0.640. The van der Waals surface area contributed by atoms with E-state index in [4.69, 9.17) is 17.2 Å². The normalized spacial score (nSPS) is 10.2. The average molecular weight is 323 g/mol. The van der Waals surface area contributed by atoms with Crippen molar-refractivity contribution >= 4 is 45.1 Å². The molecule has 0 aliphatic rings. The largest absolute Gasteiger partial charge is 0.383 e. The molecule has 0 unspecified atom stereocenters. The van der Waals surface area contributed by atoms with Gasteiger partial charge in [0.15, 0.2) is 5.82 Å². The fourth-order valence-corrected chi connectivity index (χ4v) is 1.76. The number of halogens is 1. The molecule has 1 heterocycles. The Kier molecular flexibility index (Phi) is 3.52. The molecular weight excluding hydrogens is 312 g/mol. The highest BCUT2D eigenvalue weighted by atomic mass is 79.9. The molecule has 0 saturated carbocycles. The van der Waals surface area contributed by atoms with Crippen molar-refractivity contribution in [3.8, 4) is 0 Å². The second-order valence-corrected chi connectivity index (χ2v) is 4.60. The van der Waals surface area contributed by atoms with Crippen LogP contribution in [0.5, 0.6) is 0 Å². The van der Waals surface area contributed by atoms with Crippen molar-refractivity contribution in [2.24, 2.45) is 5.73 Å². The molecule has 98 valence electrons. The molecule has 19 heavy (non-hydrogen) atoms. The van der Waals surface area contributed by atoms with Gasteiger partial charge < -0.3 is 22.5 Å². The standard InChI is InChI=1S/C11H11BrN6O/c12-5-1-3-6(4-2-5)16-10-7(9(14)19)8(13)17-11(15)18-10/h1-4H,(H2,14,19)(H5,13,15,16,17,18). The molecule has 7 N–H and O–H groups in total. The summed E-state index contributed by atoms with van der Waals surface area (Å²) in [5.41, 5.74) is 17.1. The lowest BCUT2D eigenvalue weighted by Gasteiger charge is -2.11. The second kappa shape index (κ2) is 5.11. The minimum absolute atomic E-state index is 0.0112. The van der Waals surface area contributed by atoms with Crippen molar-refractivity contribution in [3.63, 3.8) is 0 Å². The first-order valence-corrected chi connectivity index (χ1v) is 6.02. The van der Waals surface area contributed by atoms with Gasteiger partial charge in [-0.2, -0.15) is 9.97 Å². The first kappa shape index (κ1) is 13.1. The highest BCUT2D eigenvalue weighted by molar-refractivity contribution is 9.10. The Bertz CT molecular complexity index is 628. The van der Waals surface area contributed by atoms with Crippen molar-refractivity contribution < 1.29 is 4.79 Å². The SMILES string of the molecule is NC(=O)c1c(N)nc(N)nc1Nc1ccc(Br)cc1. The van der Waals surface area contributed by atoms with Crippen molar-refractivity contribution in [1.29, 1.82) is 0 Å². The van der Waals surface area contributed by atoms with Gasteiger partial charge in [-0.15, -0.1) is 0 Å². The van der Waals surface area contributed by atoms with E-state index in [1.165, 1.54) is 0 Å². The molecule has 0 radical (unpaired) electrons. The van der Waals surface area contributed by atoms with Crippen LogP contribution in [0.15, 0.2) is 28.7 Å². The predicted octanol–water partition coefficient (Wildman–Crippen LogP) is 1.25. The van der Waals surface area contributed by atoms with E-state index in [9.17, 15) is 4.79 Å². The van der Waals surface area contributed by atoms with Crippen LogP contribution in [0.4, 0.5) is 23.3 Å². The maximum Gasteiger partial charge on any atom is 0.256 e. The minimum atomic E-state index is -0.725.